The van der Waals surface area contributed by atoms with Gasteiger partial charge in [-0.3, -0.25) is 14.5 Å². The molecule has 3 N–H and O–H groups in total. The van der Waals surface area contributed by atoms with Gasteiger partial charge in [0.1, 0.15) is 5.70 Å². The molecule has 2 heterocycles. The second-order valence-corrected chi connectivity index (χ2v) is 6.78. The molecule has 8 heteroatoms. The van der Waals surface area contributed by atoms with E-state index in [2.05, 4.69) is 5.32 Å². The fourth-order valence-corrected chi connectivity index (χ4v) is 3.83. The van der Waals surface area contributed by atoms with Crippen LogP contribution in [0.4, 0.5) is 0 Å². The van der Waals surface area contributed by atoms with Gasteiger partial charge in [-0.25, -0.2) is 4.79 Å². The number of fused-ring (bicyclic) bond motifs is 1. The Morgan fingerprint density at radius 2 is 2.04 bits per heavy atom. The lowest BCUT2D eigenvalue weighted by atomic mass is 9.77. The van der Waals surface area contributed by atoms with Crippen molar-refractivity contribution >= 4 is 17.8 Å². The van der Waals surface area contributed by atoms with Gasteiger partial charge in [-0.15, -0.1) is 0 Å². The Balaban J connectivity index is 2.18. The normalized spacial score (nSPS) is 26.6. The molecule has 1 fully saturated rings. The molecular formula is C17H27N3O5. The van der Waals surface area contributed by atoms with Crippen molar-refractivity contribution in [2.24, 2.45) is 11.8 Å². The average molecular weight is 353 g/mol. The van der Waals surface area contributed by atoms with Crippen LogP contribution in [0.15, 0.2) is 11.3 Å². The van der Waals surface area contributed by atoms with E-state index in [1.54, 1.807) is 6.92 Å². The van der Waals surface area contributed by atoms with Crippen LogP contribution in [0.3, 0.4) is 0 Å². The number of β-lactam (4-membered cyclic amide) rings is 1. The maximum absolute atomic E-state index is 12.3. The lowest BCUT2D eigenvalue weighted by Crippen LogP contribution is -2.63. The number of nitrogens with zero attached hydrogens (tertiary/aromatic N) is 2. The molecule has 0 aromatic heterocycles. The highest BCUT2D eigenvalue weighted by Gasteiger charge is 2.59. The minimum absolute atomic E-state index is 0.0531. The zero-order chi connectivity index (χ0) is 18.9. The van der Waals surface area contributed by atoms with Crippen LogP contribution in [0.2, 0.25) is 0 Å². The van der Waals surface area contributed by atoms with Gasteiger partial charge in [0, 0.05) is 32.5 Å². The molecule has 140 valence electrons. The molecule has 2 aliphatic heterocycles. The summed E-state index contributed by atoms with van der Waals surface area (Å²) in [6, 6.07) is -0.289. The van der Waals surface area contributed by atoms with Gasteiger partial charge >= 0.3 is 5.97 Å². The molecule has 0 aliphatic carbocycles. The van der Waals surface area contributed by atoms with Crippen LogP contribution in [0.25, 0.3) is 0 Å². The molecule has 0 bridgehead atoms. The molecular weight excluding hydrogens is 326 g/mol. The van der Waals surface area contributed by atoms with E-state index in [9.17, 15) is 24.6 Å². The summed E-state index contributed by atoms with van der Waals surface area (Å²) in [4.78, 5) is 38.4. The van der Waals surface area contributed by atoms with Crippen LogP contribution in [-0.4, -0.2) is 76.1 Å². The van der Waals surface area contributed by atoms with E-state index in [-0.39, 0.29) is 29.5 Å². The lowest BCUT2D eigenvalue weighted by molar-refractivity contribution is -0.163. The van der Waals surface area contributed by atoms with E-state index in [1.807, 2.05) is 18.7 Å². The number of hydrogen-bond donors (Lipinski definition) is 3. The first kappa shape index (κ1) is 19.4. The van der Waals surface area contributed by atoms with Crippen LogP contribution in [0.1, 0.15) is 27.7 Å². The molecule has 0 aromatic carbocycles. The summed E-state index contributed by atoms with van der Waals surface area (Å²) in [6.45, 7) is 9.09. The lowest BCUT2D eigenvalue weighted by Gasteiger charge is -2.46. The Hall–Kier alpha value is -1.93. The highest BCUT2D eigenvalue weighted by atomic mass is 16.4. The fourth-order valence-electron chi connectivity index (χ4n) is 3.83. The summed E-state index contributed by atoms with van der Waals surface area (Å²) in [5, 5.41) is 22.2. The van der Waals surface area contributed by atoms with Crippen molar-refractivity contribution in [3.05, 3.63) is 11.3 Å². The second-order valence-electron chi connectivity index (χ2n) is 6.78. The van der Waals surface area contributed by atoms with Gasteiger partial charge in [-0.05, 0) is 19.0 Å². The maximum Gasteiger partial charge on any atom is 0.352 e. The predicted molar refractivity (Wildman–Crippen MR) is 90.4 cm³/mol. The van der Waals surface area contributed by atoms with Crippen molar-refractivity contribution in [2.75, 3.05) is 26.2 Å². The van der Waals surface area contributed by atoms with Crippen LogP contribution in [-0.2, 0) is 14.4 Å². The van der Waals surface area contributed by atoms with E-state index >= 15 is 0 Å². The number of likely N-dealkylation sites (N-methyl/N-ethyl adjacent to an activating group) is 1. The zero-order valence-corrected chi connectivity index (χ0v) is 15.2. The fraction of sp³-hybridized carbons (Fsp3) is 0.706. The van der Waals surface area contributed by atoms with E-state index < -0.39 is 18.0 Å². The van der Waals surface area contributed by atoms with Crippen molar-refractivity contribution in [3.63, 3.8) is 0 Å². The first-order valence-corrected chi connectivity index (χ1v) is 8.64. The number of carbonyl (C=O) groups is 3. The molecule has 0 aromatic rings. The standard InChI is InChI=1S/C17H27N3O5/c1-5-19(7-6-18-11(4)22)8-12-9(2)14-13(10(3)21)16(23)20(14)15(12)17(24)25/h9-10,13-14,21H,5-8H2,1-4H3,(H,18,22)(H,24,25)/t9-,10+,13+,14?/m0/s1. The van der Waals surface area contributed by atoms with Crippen LogP contribution in [0, 0.1) is 11.8 Å². The molecule has 8 nitrogen and oxygen atoms in total. The Bertz CT molecular complexity index is 601. The number of aliphatic carboxylic acids is 1. The highest BCUT2D eigenvalue weighted by Crippen LogP contribution is 2.47. The Morgan fingerprint density at radius 1 is 1.40 bits per heavy atom. The summed E-state index contributed by atoms with van der Waals surface area (Å²) in [7, 11) is 0. The topological polar surface area (TPSA) is 110 Å². The quantitative estimate of drug-likeness (QED) is 0.514. The molecule has 0 radical (unpaired) electrons. The summed E-state index contributed by atoms with van der Waals surface area (Å²) in [5.41, 5.74) is 0.760. The summed E-state index contributed by atoms with van der Waals surface area (Å²) >= 11 is 0. The van der Waals surface area contributed by atoms with E-state index in [0.29, 0.717) is 31.8 Å². The molecule has 1 unspecified atom stereocenters. The number of nitrogens with one attached hydrogen (secondary N) is 1. The number of rotatable bonds is 8. The first-order chi connectivity index (χ1) is 11.7. The van der Waals surface area contributed by atoms with Gasteiger partial charge in [-0.2, -0.15) is 0 Å². The van der Waals surface area contributed by atoms with Crippen LogP contribution in [0.5, 0.6) is 0 Å². The van der Waals surface area contributed by atoms with Gasteiger partial charge in [0.05, 0.1) is 18.1 Å². The number of hydrogen-bond acceptors (Lipinski definition) is 5. The third kappa shape index (κ3) is 3.55. The maximum atomic E-state index is 12.3. The smallest absolute Gasteiger partial charge is 0.352 e. The molecule has 2 aliphatic rings. The number of carboxylic acids is 1. The van der Waals surface area contributed by atoms with Crippen molar-refractivity contribution in [1.29, 1.82) is 0 Å². The first-order valence-electron chi connectivity index (χ1n) is 8.64. The zero-order valence-electron chi connectivity index (χ0n) is 15.2. The van der Waals surface area contributed by atoms with E-state index in [4.69, 9.17) is 0 Å². The molecule has 25 heavy (non-hydrogen) atoms. The van der Waals surface area contributed by atoms with Crippen molar-refractivity contribution in [3.8, 4) is 0 Å². The number of aliphatic hydroxyl groups is 1. The largest absolute Gasteiger partial charge is 0.477 e. The van der Waals surface area contributed by atoms with Crippen LogP contribution < -0.4 is 5.32 Å². The third-order valence-electron chi connectivity index (χ3n) is 5.16. The van der Waals surface area contributed by atoms with Gasteiger partial charge in [-0.1, -0.05) is 13.8 Å². The van der Waals surface area contributed by atoms with E-state index in [0.717, 1.165) is 0 Å². The molecule has 0 saturated carbocycles. The number of carboxylic acid groups (broad SMARTS) is 1. The second kappa shape index (κ2) is 7.53. The number of amides is 2. The molecule has 4 atom stereocenters. The van der Waals surface area contributed by atoms with Gasteiger partial charge in [0.2, 0.25) is 11.8 Å². The summed E-state index contributed by atoms with van der Waals surface area (Å²) < 4.78 is 0. The average Bonchev–Trinajstić information content (AvgIpc) is 2.75. The minimum atomic E-state index is -1.11. The highest BCUT2D eigenvalue weighted by molar-refractivity contribution is 6.00. The van der Waals surface area contributed by atoms with Crippen molar-refractivity contribution in [2.45, 2.75) is 39.8 Å². The van der Waals surface area contributed by atoms with Gasteiger partial charge in [0.25, 0.3) is 0 Å². The molecule has 1 saturated heterocycles. The summed E-state index contributed by atoms with van der Waals surface area (Å²) in [5.74, 6) is -2.21. The Kier molecular flexibility index (Phi) is 5.84. The van der Waals surface area contributed by atoms with Gasteiger partial charge in [0.15, 0.2) is 0 Å². The Labute approximate surface area is 147 Å². The van der Waals surface area contributed by atoms with Gasteiger partial charge < -0.3 is 20.4 Å². The number of carbonyl (C=O) groups excluding carboxylic acids is 2. The SMILES string of the molecule is CCN(CCNC(C)=O)CC1=C(C(=O)O)N2C(=O)[C@H]([C@@H](C)O)C2[C@H]1C. The molecule has 2 amide bonds. The molecule has 2 rings (SSSR count). The van der Waals surface area contributed by atoms with Crippen LogP contribution >= 0.6 is 0 Å². The summed E-state index contributed by atoms with van der Waals surface area (Å²) in [6.07, 6.45) is -0.798. The Morgan fingerprint density at radius 3 is 2.52 bits per heavy atom. The van der Waals surface area contributed by atoms with Crippen molar-refractivity contribution in [1.82, 2.24) is 15.1 Å². The van der Waals surface area contributed by atoms with Crippen molar-refractivity contribution < 1.29 is 24.6 Å². The third-order valence-corrected chi connectivity index (χ3v) is 5.16. The predicted octanol–water partition coefficient (Wildman–Crippen LogP) is -0.359. The monoisotopic (exact) mass is 353 g/mol. The minimum Gasteiger partial charge on any atom is -0.477 e. The number of aliphatic hydroxyl groups excluding tert-OH is 1. The van der Waals surface area contributed by atoms with E-state index in [1.165, 1.54) is 11.8 Å². The molecule has 0 spiro atoms.